The summed E-state index contributed by atoms with van der Waals surface area (Å²) in [7, 11) is -3.65. The van der Waals surface area contributed by atoms with Crippen molar-refractivity contribution in [2.75, 3.05) is 23.8 Å². The van der Waals surface area contributed by atoms with Crippen LogP contribution >= 0.6 is 0 Å². The Balaban J connectivity index is 1.79. The van der Waals surface area contributed by atoms with Crippen molar-refractivity contribution in [3.8, 4) is 0 Å². The van der Waals surface area contributed by atoms with Crippen LogP contribution in [-0.4, -0.2) is 32.6 Å². The van der Waals surface area contributed by atoms with Gasteiger partial charge in [-0.2, -0.15) is 0 Å². The largest absolute Gasteiger partial charge is 0.396 e. The quantitative estimate of drug-likeness (QED) is 0.437. The van der Waals surface area contributed by atoms with Gasteiger partial charge in [0.25, 0.3) is 5.91 Å². The number of para-hydroxylation sites is 1. The van der Waals surface area contributed by atoms with E-state index in [0.717, 1.165) is 11.3 Å². The predicted molar refractivity (Wildman–Crippen MR) is 100 cm³/mol. The second-order valence-electron chi connectivity index (χ2n) is 5.70. The Kier molecular flexibility index (Phi) is 5.36. The van der Waals surface area contributed by atoms with Gasteiger partial charge >= 0.3 is 0 Å². The van der Waals surface area contributed by atoms with Gasteiger partial charge in [0.2, 0.25) is 10.0 Å². The number of benzene rings is 2. The van der Waals surface area contributed by atoms with Crippen molar-refractivity contribution in [3.63, 3.8) is 0 Å². The molecule has 0 radical (unpaired) electrons. The van der Waals surface area contributed by atoms with E-state index in [-0.39, 0.29) is 24.0 Å². The third kappa shape index (κ3) is 3.93. The van der Waals surface area contributed by atoms with Gasteiger partial charge in [0.15, 0.2) is 0 Å². The van der Waals surface area contributed by atoms with Crippen LogP contribution in [0.2, 0.25) is 0 Å². The fourth-order valence-electron chi connectivity index (χ4n) is 2.56. The molecule has 26 heavy (non-hydrogen) atoms. The number of fused-ring (bicyclic) bond motifs is 1. The lowest BCUT2D eigenvalue weighted by atomic mass is 10.1. The van der Waals surface area contributed by atoms with E-state index >= 15 is 0 Å². The Hall–Kier alpha value is -2.68. The summed E-state index contributed by atoms with van der Waals surface area (Å²) in [5.74, 6) is -0.215. The number of sulfonamides is 1. The number of nitrogens with one attached hydrogen (secondary N) is 3. The Bertz CT molecular complexity index is 954. The summed E-state index contributed by atoms with van der Waals surface area (Å²) >= 11 is 0. The number of rotatable bonds is 7. The van der Waals surface area contributed by atoms with E-state index in [1.54, 1.807) is 18.3 Å². The molecule has 2 aromatic rings. The highest BCUT2D eigenvalue weighted by molar-refractivity contribution is 7.89. The Labute approximate surface area is 151 Å². The van der Waals surface area contributed by atoms with Crippen molar-refractivity contribution in [1.29, 1.82) is 0 Å². The lowest BCUT2D eigenvalue weighted by Gasteiger charge is -2.08. The molecule has 136 valence electrons. The average molecular weight is 373 g/mol. The molecule has 0 saturated carbocycles. The standard InChI is InChI=1S/C18H19N3O4S/c22-10-4-9-20-26(24,25)14-6-3-5-13(11-14)19-12-16-15-7-1-2-8-17(15)21-18(16)23/h1-3,5-8,11-12,19-20,22H,4,9-10H2,(H,21,23)/b16-12-. The monoisotopic (exact) mass is 373 g/mol. The molecule has 0 saturated heterocycles. The van der Waals surface area contributed by atoms with Crippen LogP contribution in [0.25, 0.3) is 5.57 Å². The lowest BCUT2D eigenvalue weighted by Crippen LogP contribution is -2.25. The molecule has 1 aliphatic heterocycles. The smallest absolute Gasteiger partial charge is 0.257 e. The van der Waals surface area contributed by atoms with Crippen LogP contribution in [0.5, 0.6) is 0 Å². The van der Waals surface area contributed by atoms with Crippen LogP contribution in [-0.2, 0) is 14.8 Å². The SMILES string of the molecule is O=C1Nc2ccccc2/C1=C/Nc1cccc(S(=O)(=O)NCCCO)c1. The summed E-state index contributed by atoms with van der Waals surface area (Å²) in [6.07, 6.45) is 1.91. The number of hydrogen-bond donors (Lipinski definition) is 4. The van der Waals surface area contributed by atoms with Crippen molar-refractivity contribution < 1.29 is 18.3 Å². The van der Waals surface area contributed by atoms with Crippen LogP contribution in [0.4, 0.5) is 11.4 Å². The predicted octanol–water partition coefficient (Wildman–Crippen LogP) is 1.75. The third-order valence-electron chi connectivity index (χ3n) is 3.86. The van der Waals surface area contributed by atoms with Crippen LogP contribution in [0.3, 0.4) is 0 Å². The first-order valence-electron chi connectivity index (χ1n) is 8.09. The van der Waals surface area contributed by atoms with E-state index in [9.17, 15) is 13.2 Å². The molecule has 7 nitrogen and oxygen atoms in total. The van der Waals surface area contributed by atoms with Gasteiger partial charge in [0, 0.05) is 36.3 Å². The fraction of sp³-hybridized carbons (Fsp3) is 0.167. The molecule has 0 unspecified atom stereocenters. The first-order valence-corrected chi connectivity index (χ1v) is 9.57. The van der Waals surface area contributed by atoms with Gasteiger partial charge in [0.05, 0.1) is 10.5 Å². The highest BCUT2D eigenvalue weighted by Crippen LogP contribution is 2.31. The number of hydrogen-bond acceptors (Lipinski definition) is 5. The summed E-state index contributed by atoms with van der Waals surface area (Å²) in [6.45, 7) is 0.0821. The van der Waals surface area contributed by atoms with E-state index in [0.29, 0.717) is 17.7 Å². The van der Waals surface area contributed by atoms with Crippen LogP contribution in [0.15, 0.2) is 59.6 Å². The summed E-state index contributed by atoms with van der Waals surface area (Å²) < 4.78 is 26.9. The number of carbonyl (C=O) groups is 1. The molecule has 0 fully saturated rings. The molecule has 2 aromatic carbocycles. The van der Waals surface area contributed by atoms with Crippen LogP contribution in [0.1, 0.15) is 12.0 Å². The van der Waals surface area contributed by atoms with Gasteiger partial charge in [-0.1, -0.05) is 24.3 Å². The first kappa shape index (κ1) is 18.1. The van der Waals surface area contributed by atoms with Gasteiger partial charge in [-0.3, -0.25) is 4.79 Å². The second-order valence-corrected chi connectivity index (χ2v) is 7.47. The summed E-state index contributed by atoms with van der Waals surface area (Å²) in [6, 6.07) is 13.6. The summed E-state index contributed by atoms with van der Waals surface area (Å²) in [5, 5.41) is 14.5. The molecule has 3 rings (SSSR count). The molecule has 1 heterocycles. The highest BCUT2D eigenvalue weighted by atomic mass is 32.2. The number of anilines is 2. The van der Waals surface area contributed by atoms with Gasteiger partial charge in [-0.25, -0.2) is 13.1 Å². The second kappa shape index (κ2) is 7.69. The van der Waals surface area contributed by atoms with E-state index < -0.39 is 10.0 Å². The molecule has 4 N–H and O–H groups in total. The van der Waals surface area contributed by atoms with Crippen LogP contribution < -0.4 is 15.4 Å². The van der Waals surface area contributed by atoms with E-state index in [2.05, 4.69) is 15.4 Å². The minimum Gasteiger partial charge on any atom is -0.396 e. The van der Waals surface area contributed by atoms with E-state index in [1.165, 1.54) is 12.1 Å². The van der Waals surface area contributed by atoms with Gasteiger partial charge in [0.1, 0.15) is 0 Å². The minimum atomic E-state index is -3.65. The maximum atomic E-state index is 12.2. The topological polar surface area (TPSA) is 108 Å². The molecular weight excluding hydrogens is 354 g/mol. The summed E-state index contributed by atoms with van der Waals surface area (Å²) in [5.41, 5.74) is 2.56. The molecule has 1 amide bonds. The highest BCUT2D eigenvalue weighted by Gasteiger charge is 2.23. The van der Waals surface area contributed by atoms with Gasteiger partial charge < -0.3 is 15.7 Å². The Morgan fingerprint density at radius 2 is 1.92 bits per heavy atom. The van der Waals surface area contributed by atoms with Crippen molar-refractivity contribution in [2.45, 2.75) is 11.3 Å². The van der Waals surface area contributed by atoms with Crippen molar-refractivity contribution in [3.05, 3.63) is 60.3 Å². The third-order valence-corrected chi connectivity index (χ3v) is 5.32. The maximum Gasteiger partial charge on any atom is 0.257 e. The van der Waals surface area contributed by atoms with E-state index in [1.807, 2.05) is 24.3 Å². The molecule has 0 bridgehead atoms. The van der Waals surface area contributed by atoms with Crippen molar-refractivity contribution >= 4 is 32.9 Å². The number of aliphatic hydroxyl groups excluding tert-OH is 1. The zero-order valence-corrected chi connectivity index (χ0v) is 14.7. The molecule has 0 aliphatic carbocycles. The lowest BCUT2D eigenvalue weighted by molar-refractivity contribution is -0.110. The van der Waals surface area contributed by atoms with E-state index in [4.69, 9.17) is 5.11 Å². The van der Waals surface area contributed by atoms with Gasteiger partial charge in [-0.15, -0.1) is 0 Å². The number of aliphatic hydroxyl groups is 1. The molecule has 8 heteroatoms. The number of amides is 1. The van der Waals surface area contributed by atoms with Crippen LogP contribution in [0, 0.1) is 0 Å². The van der Waals surface area contributed by atoms with Gasteiger partial charge in [-0.05, 0) is 30.7 Å². The minimum absolute atomic E-state index is 0.0821. The Morgan fingerprint density at radius 1 is 1.12 bits per heavy atom. The normalized spacial score (nSPS) is 15.0. The summed E-state index contributed by atoms with van der Waals surface area (Å²) in [4.78, 5) is 12.2. The number of carbonyl (C=O) groups excluding carboxylic acids is 1. The average Bonchev–Trinajstić information content (AvgIpc) is 2.95. The fourth-order valence-corrected chi connectivity index (χ4v) is 3.68. The zero-order chi connectivity index (χ0) is 18.6. The van der Waals surface area contributed by atoms with Crippen molar-refractivity contribution in [1.82, 2.24) is 4.72 Å². The van der Waals surface area contributed by atoms with Crippen molar-refractivity contribution in [2.24, 2.45) is 0 Å². The maximum absolute atomic E-state index is 12.2. The molecular formula is C18H19N3O4S. The Morgan fingerprint density at radius 3 is 2.73 bits per heavy atom. The molecule has 0 atom stereocenters. The molecule has 1 aliphatic rings. The molecule has 0 aromatic heterocycles. The molecule has 0 spiro atoms. The first-order chi connectivity index (χ1) is 12.5. The zero-order valence-electron chi connectivity index (χ0n) is 13.9.